The van der Waals surface area contributed by atoms with Gasteiger partial charge in [0, 0.05) is 16.0 Å². The van der Waals surface area contributed by atoms with Crippen molar-refractivity contribution in [3.8, 4) is 5.69 Å². The summed E-state index contributed by atoms with van der Waals surface area (Å²) in [5, 5.41) is 8.45. The van der Waals surface area contributed by atoms with E-state index in [2.05, 4.69) is 15.4 Å². The maximum Gasteiger partial charge on any atom is 0.273 e. The number of hydrogen-bond donors (Lipinski definition) is 2. The van der Waals surface area contributed by atoms with Gasteiger partial charge in [0.25, 0.3) is 11.5 Å². The van der Waals surface area contributed by atoms with Crippen LogP contribution in [0.4, 0.5) is 5.69 Å². The molecule has 134 valence electrons. The molecule has 2 aromatic heterocycles. The van der Waals surface area contributed by atoms with E-state index in [-0.39, 0.29) is 11.6 Å². The molecule has 7 heteroatoms. The van der Waals surface area contributed by atoms with Gasteiger partial charge in [-0.05, 0) is 49.4 Å². The summed E-state index contributed by atoms with van der Waals surface area (Å²) in [5.41, 5.74) is 2.33. The van der Waals surface area contributed by atoms with E-state index in [4.69, 9.17) is 11.6 Å². The van der Waals surface area contributed by atoms with Crippen molar-refractivity contribution >= 4 is 34.2 Å². The molecule has 27 heavy (non-hydrogen) atoms. The number of H-pyrrole nitrogens is 1. The highest BCUT2D eigenvalue weighted by molar-refractivity contribution is 6.30. The maximum atomic E-state index is 12.5. The van der Waals surface area contributed by atoms with Crippen LogP contribution < -0.4 is 10.9 Å². The van der Waals surface area contributed by atoms with Crippen LogP contribution in [0.5, 0.6) is 0 Å². The van der Waals surface area contributed by atoms with Crippen LogP contribution in [0.15, 0.2) is 65.5 Å². The number of nitrogens with zero attached hydrogens (tertiary/aromatic N) is 2. The van der Waals surface area contributed by atoms with Crippen molar-refractivity contribution in [3.63, 3.8) is 0 Å². The molecule has 0 aliphatic carbocycles. The molecule has 2 aromatic carbocycles. The predicted molar refractivity (Wildman–Crippen MR) is 106 cm³/mol. The molecule has 0 aliphatic rings. The van der Waals surface area contributed by atoms with E-state index >= 15 is 0 Å². The van der Waals surface area contributed by atoms with E-state index in [0.717, 1.165) is 16.8 Å². The molecule has 0 atom stereocenters. The van der Waals surface area contributed by atoms with Crippen LogP contribution in [-0.2, 0) is 0 Å². The number of hydrogen-bond acceptors (Lipinski definition) is 3. The third-order valence-electron chi connectivity index (χ3n) is 4.23. The molecule has 0 bridgehead atoms. The summed E-state index contributed by atoms with van der Waals surface area (Å²) >= 11 is 5.84. The van der Waals surface area contributed by atoms with Gasteiger partial charge >= 0.3 is 0 Å². The van der Waals surface area contributed by atoms with Gasteiger partial charge in [-0.2, -0.15) is 5.10 Å². The molecular formula is C20H15ClN4O2. The molecule has 6 nitrogen and oxygen atoms in total. The number of amides is 1. The molecule has 0 unspecified atom stereocenters. The summed E-state index contributed by atoms with van der Waals surface area (Å²) in [6, 6.07) is 17.6. The molecule has 2 heterocycles. The van der Waals surface area contributed by atoms with Crippen molar-refractivity contribution in [1.29, 1.82) is 0 Å². The number of fused-ring (bicyclic) bond motifs is 1. The summed E-state index contributed by atoms with van der Waals surface area (Å²) in [4.78, 5) is 27.7. The molecule has 1 amide bonds. The molecule has 0 saturated heterocycles. The highest BCUT2D eigenvalue weighted by atomic mass is 35.5. The minimum absolute atomic E-state index is 0.165. The summed E-state index contributed by atoms with van der Waals surface area (Å²) < 4.78 is 1.68. The fourth-order valence-electron chi connectivity index (χ4n) is 2.86. The van der Waals surface area contributed by atoms with E-state index < -0.39 is 5.56 Å². The Balaban J connectivity index is 1.74. The molecule has 2 N–H and O–H groups in total. The number of anilines is 1. The summed E-state index contributed by atoms with van der Waals surface area (Å²) in [6.07, 6.45) is 0. The number of aryl methyl sites for hydroxylation is 1. The van der Waals surface area contributed by atoms with Crippen LogP contribution in [0.25, 0.3) is 16.7 Å². The maximum absolute atomic E-state index is 12.5. The molecule has 0 radical (unpaired) electrons. The molecule has 0 saturated carbocycles. The third-order valence-corrected chi connectivity index (χ3v) is 4.48. The summed E-state index contributed by atoms with van der Waals surface area (Å²) in [6.45, 7) is 1.85. The van der Waals surface area contributed by atoms with Gasteiger partial charge in [-0.25, -0.2) is 4.68 Å². The van der Waals surface area contributed by atoms with Crippen molar-refractivity contribution < 1.29 is 4.79 Å². The zero-order chi connectivity index (χ0) is 19.0. The Hall–Kier alpha value is -3.38. The quantitative estimate of drug-likeness (QED) is 0.567. The first-order valence-corrected chi connectivity index (χ1v) is 8.66. The second-order valence-corrected chi connectivity index (χ2v) is 6.50. The van der Waals surface area contributed by atoms with Crippen LogP contribution in [0, 0.1) is 6.92 Å². The first-order valence-electron chi connectivity index (χ1n) is 8.28. The minimum Gasteiger partial charge on any atom is -0.317 e. The van der Waals surface area contributed by atoms with Crippen LogP contribution in [0.2, 0.25) is 5.02 Å². The summed E-state index contributed by atoms with van der Waals surface area (Å²) in [5.74, 6) is -0.385. The van der Waals surface area contributed by atoms with Gasteiger partial charge in [0.05, 0.1) is 11.4 Å². The molecule has 4 aromatic rings. The number of pyridine rings is 1. The Morgan fingerprint density at radius 1 is 1.11 bits per heavy atom. The SMILES string of the molecule is Cc1nn(-c2ccccc2)c2[nH]c(=O)c(NC(=O)c3ccc(Cl)cc3)cc12. The zero-order valence-electron chi connectivity index (χ0n) is 14.4. The Morgan fingerprint density at radius 3 is 2.52 bits per heavy atom. The number of halogens is 1. The number of nitrogens with one attached hydrogen (secondary N) is 2. The van der Waals surface area contributed by atoms with E-state index in [9.17, 15) is 9.59 Å². The number of para-hydroxylation sites is 1. The van der Waals surface area contributed by atoms with Crippen molar-refractivity contribution in [2.24, 2.45) is 0 Å². The van der Waals surface area contributed by atoms with Gasteiger partial charge < -0.3 is 10.3 Å². The van der Waals surface area contributed by atoms with Crippen molar-refractivity contribution in [1.82, 2.24) is 14.8 Å². The monoisotopic (exact) mass is 378 g/mol. The number of benzene rings is 2. The van der Waals surface area contributed by atoms with Crippen LogP contribution in [-0.4, -0.2) is 20.7 Å². The van der Waals surface area contributed by atoms with Crippen molar-refractivity contribution in [2.45, 2.75) is 6.92 Å². The number of carbonyl (C=O) groups is 1. The van der Waals surface area contributed by atoms with Gasteiger partial charge in [-0.3, -0.25) is 9.59 Å². The fraction of sp³-hybridized carbons (Fsp3) is 0.0500. The largest absolute Gasteiger partial charge is 0.317 e. The standard InChI is InChI=1S/C20H15ClN4O2/c1-12-16-11-17(22-19(26)13-7-9-14(21)10-8-13)20(27)23-18(16)25(24-12)15-5-3-2-4-6-15/h2-11H,1H3,(H,22,26)(H,23,27). The number of aromatic nitrogens is 3. The Labute approximate surface area is 159 Å². The van der Waals surface area contributed by atoms with Crippen molar-refractivity contribution in [2.75, 3.05) is 5.32 Å². The Kier molecular flexibility index (Phi) is 4.25. The van der Waals surface area contributed by atoms with Gasteiger partial charge in [-0.1, -0.05) is 29.8 Å². The molecule has 0 spiro atoms. The minimum atomic E-state index is -0.401. The van der Waals surface area contributed by atoms with Gasteiger partial charge in [0.15, 0.2) is 0 Å². The highest BCUT2D eigenvalue weighted by Gasteiger charge is 2.15. The average Bonchev–Trinajstić information content (AvgIpc) is 2.99. The third kappa shape index (κ3) is 3.22. The Morgan fingerprint density at radius 2 is 1.81 bits per heavy atom. The normalized spacial score (nSPS) is 10.9. The summed E-state index contributed by atoms with van der Waals surface area (Å²) in [7, 11) is 0. The molecule has 4 rings (SSSR count). The number of aromatic amines is 1. The first kappa shape index (κ1) is 17.1. The lowest BCUT2D eigenvalue weighted by atomic mass is 10.2. The molecule has 0 fully saturated rings. The molecular weight excluding hydrogens is 364 g/mol. The first-order chi connectivity index (χ1) is 13.0. The van der Waals surface area contributed by atoms with E-state index in [1.807, 2.05) is 37.3 Å². The highest BCUT2D eigenvalue weighted by Crippen LogP contribution is 2.21. The van der Waals surface area contributed by atoms with E-state index in [1.165, 1.54) is 0 Å². The number of rotatable bonds is 3. The zero-order valence-corrected chi connectivity index (χ0v) is 15.1. The predicted octanol–water partition coefficient (Wildman–Crippen LogP) is 3.93. The lowest BCUT2D eigenvalue weighted by Crippen LogP contribution is -2.20. The average molecular weight is 379 g/mol. The second kappa shape index (κ2) is 6.74. The van der Waals surface area contributed by atoms with E-state index in [1.54, 1.807) is 35.0 Å². The number of carbonyl (C=O) groups excluding carboxylic acids is 1. The van der Waals surface area contributed by atoms with Crippen molar-refractivity contribution in [3.05, 3.63) is 87.3 Å². The van der Waals surface area contributed by atoms with Gasteiger partial charge in [0.2, 0.25) is 0 Å². The van der Waals surface area contributed by atoms with Crippen LogP contribution in [0.3, 0.4) is 0 Å². The molecule has 0 aliphatic heterocycles. The van der Waals surface area contributed by atoms with Crippen LogP contribution >= 0.6 is 11.6 Å². The van der Waals surface area contributed by atoms with Gasteiger partial charge in [0.1, 0.15) is 11.3 Å². The Bertz CT molecular complexity index is 1190. The topological polar surface area (TPSA) is 79.8 Å². The van der Waals surface area contributed by atoms with Crippen LogP contribution in [0.1, 0.15) is 16.1 Å². The fourth-order valence-corrected chi connectivity index (χ4v) is 2.99. The lowest BCUT2D eigenvalue weighted by molar-refractivity contribution is 0.102. The second-order valence-electron chi connectivity index (χ2n) is 6.07. The van der Waals surface area contributed by atoms with E-state index in [0.29, 0.717) is 16.2 Å². The lowest BCUT2D eigenvalue weighted by Gasteiger charge is -2.06. The van der Waals surface area contributed by atoms with Gasteiger partial charge in [-0.15, -0.1) is 0 Å². The smallest absolute Gasteiger partial charge is 0.273 e.